The van der Waals surface area contributed by atoms with Gasteiger partial charge in [-0.2, -0.15) is 0 Å². The highest BCUT2D eigenvalue weighted by Gasteiger charge is 2.13. The summed E-state index contributed by atoms with van der Waals surface area (Å²) in [6.07, 6.45) is 1.46. The third-order valence-corrected chi connectivity index (χ3v) is 2.64. The molecule has 0 amide bonds. The predicted octanol–water partition coefficient (Wildman–Crippen LogP) is 1.89. The summed E-state index contributed by atoms with van der Waals surface area (Å²) in [6, 6.07) is 6.58. The molecular formula is C13H14N2O4. The Kier molecular flexibility index (Phi) is 3.70. The number of aryl methyl sites for hydroxylation is 1. The fourth-order valence-corrected chi connectivity index (χ4v) is 1.67. The van der Waals surface area contributed by atoms with Gasteiger partial charge in [-0.15, -0.1) is 0 Å². The van der Waals surface area contributed by atoms with Crippen LogP contribution >= 0.6 is 0 Å². The first kappa shape index (κ1) is 12.9. The van der Waals surface area contributed by atoms with Crippen molar-refractivity contribution in [3.8, 4) is 11.5 Å². The van der Waals surface area contributed by atoms with Gasteiger partial charge in [-0.25, -0.2) is 9.78 Å². The van der Waals surface area contributed by atoms with Crippen LogP contribution in [0.5, 0.6) is 11.5 Å². The number of imidazole rings is 1. The molecule has 0 atom stereocenters. The van der Waals surface area contributed by atoms with Gasteiger partial charge in [0.2, 0.25) is 0 Å². The van der Waals surface area contributed by atoms with E-state index in [1.807, 2.05) is 6.92 Å². The van der Waals surface area contributed by atoms with Crippen molar-refractivity contribution in [3.05, 3.63) is 42.0 Å². The zero-order valence-electron chi connectivity index (χ0n) is 10.4. The number of carbonyl (C=O) groups is 1. The average molecular weight is 262 g/mol. The van der Waals surface area contributed by atoms with Crippen molar-refractivity contribution in [3.63, 3.8) is 0 Å². The number of hydrogen-bond donors (Lipinski definition) is 2. The van der Waals surface area contributed by atoms with E-state index in [0.29, 0.717) is 18.1 Å². The van der Waals surface area contributed by atoms with Crippen molar-refractivity contribution in [1.82, 2.24) is 9.55 Å². The van der Waals surface area contributed by atoms with E-state index in [9.17, 15) is 9.90 Å². The summed E-state index contributed by atoms with van der Waals surface area (Å²) < 4.78 is 7.13. The highest BCUT2D eigenvalue weighted by Crippen LogP contribution is 2.25. The molecule has 0 fully saturated rings. The molecular weight excluding hydrogens is 248 g/mol. The summed E-state index contributed by atoms with van der Waals surface area (Å²) in [5.41, 5.74) is -0.0160. The highest BCUT2D eigenvalue weighted by molar-refractivity contribution is 5.85. The SMILES string of the molecule is CCn1cc(C(=O)O)nc1COc1ccccc1O. The minimum atomic E-state index is -1.07. The van der Waals surface area contributed by atoms with E-state index in [2.05, 4.69) is 4.98 Å². The van der Waals surface area contributed by atoms with Gasteiger partial charge in [0, 0.05) is 12.7 Å². The fourth-order valence-electron chi connectivity index (χ4n) is 1.67. The van der Waals surface area contributed by atoms with Crippen LogP contribution in [0, 0.1) is 0 Å². The van der Waals surface area contributed by atoms with E-state index < -0.39 is 5.97 Å². The number of para-hydroxylation sites is 2. The monoisotopic (exact) mass is 262 g/mol. The molecule has 2 N–H and O–H groups in total. The second-order valence-corrected chi connectivity index (χ2v) is 3.89. The normalized spacial score (nSPS) is 10.4. The summed E-state index contributed by atoms with van der Waals surface area (Å²) in [6.45, 7) is 2.58. The molecule has 1 aromatic heterocycles. The van der Waals surface area contributed by atoms with Gasteiger partial charge in [-0.1, -0.05) is 12.1 Å². The molecule has 0 aliphatic heterocycles. The summed E-state index contributed by atoms with van der Waals surface area (Å²) in [5.74, 6) is -0.195. The Bertz CT molecular complexity index is 592. The third-order valence-electron chi connectivity index (χ3n) is 2.64. The molecule has 0 unspecified atom stereocenters. The number of carboxylic acid groups (broad SMARTS) is 1. The van der Waals surface area contributed by atoms with Crippen LogP contribution in [0.2, 0.25) is 0 Å². The van der Waals surface area contributed by atoms with Crippen LogP contribution in [0.3, 0.4) is 0 Å². The Morgan fingerprint density at radius 2 is 2.16 bits per heavy atom. The van der Waals surface area contributed by atoms with Crippen molar-refractivity contribution in [2.45, 2.75) is 20.1 Å². The van der Waals surface area contributed by atoms with E-state index in [-0.39, 0.29) is 18.1 Å². The lowest BCUT2D eigenvalue weighted by atomic mass is 10.3. The summed E-state index contributed by atoms with van der Waals surface area (Å²) in [7, 11) is 0. The number of rotatable bonds is 5. The van der Waals surface area contributed by atoms with Crippen LogP contribution in [0.15, 0.2) is 30.5 Å². The molecule has 19 heavy (non-hydrogen) atoms. The number of phenolic OH excluding ortho intramolecular Hbond substituents is 1. The number of hydrogen-bond acceptors (Lipinski definition) is 4. The summed E-state index contributed by atoms with van der Waals surface area (Å²) >= 11 is 0. The summed E-state index contributed by atoms with van der Waals surface area (Å²) in [4.78, 5) is 14.8. The van der Waals surface area contributed by atoms with E-state index in [0.717, 1.165) is 0 Å². The van der Waals surface area contributed by atoms with Crippen LogP contribution in [0.25, 0.3) is 0 Å². The Morgan fingerprint density at radius 1 is 1.42 bits per heavy atom. The average Bonchev–Trinajstić information content (AvgIpc) is 2.81. The predicted molar refractivity (Wildman–Crippen MR) is 67.3 cm³/mol. The van der Waals surface area contributed by atoms with Crippen molar-refractivity contribution in [2.24, 2.45) is 0 Å². The van der Waals surface area contributed by atoms with Gasteiger partial charge < -0.3 is 19.5 Å². The lowest BCUT2D eigenvalue weighted by Gasteiger charge is -2.08. The van der Waals surface area contributed by atoms with Gasteiger partial charge in [-0.3, -0.25) is 0 Å². The Labute approximate surface area is 109 Å². The summed E-state index contributed by atoms with van der Waals surface area (Å²) in [5, 5.41) is 18.5. The van der Waals surface area contributed by atoms with Crippen LogP contribution in [-0.2, 0) is 13.2 Å². The molecule has 0 aliphatic rings. The number of aromatic hydroxyl groups is 1. The molecule has 1 aromatic carbocycles. The highest BCUT2D eigenvalue weighted by atomic mass is 16.5. The smallest absolute Gasteiger partial charge is 0.356 e. The molecule has 2 aromatic rings. The van der Waals surface area contributed by atoms with Gasteiger partial charge in [0.25, 0.3) is 0 Å². The topological polar surface area (TPSA) is 84.6 Å². The van der Waals surface area contributed by atoms with Crippen LogP contribution in [0.1, 0.15) is 23.2 Å². The van der Waals surface area contributed by atoms with Crippen LogP contribution < -0.4 is 4.74 Å². The number of aromatic nitrogens is 2. The minimum Gasteiger partial charge on any atom is -0.504 e. The van der Waals surface area contributed by atoms with Gasteiger partial charge in [0.05, 0.1) is 0 Å². The van der Waals surface area contributed by atoms with Gasteiger partial charge in [0.15, 0.2) is 17.2 Å². The van der Waals surface area contributed by atoms with E-state index >= 15 is 0 Å². The molecule has 2 rings (SSSR count). The molecule has 0 aliphatic carbocycles. The molecule has 6 heteroatoms. The van der Waals surface area contributed by atoms with Gasteiger partial charge in [-0.05, 0) is 19.1 Å². The molecule has 100 valence electrons. The maximum atomic E-state index is 10.9. The van der Waals surface area contributed by atoms with E-state index in [1.54, 1.807) is 22.8 Å². The molecule has 0 saturated heterocycles. The van der Waals surface area contributed by atoms with Crippen LogP contribution in [-0.4, -0.2) is 25.7 Å². The van der Waals surface area contributed by atoms with Crippen LogP contribution in [0.4, 0.5) is 0 Å². The maximum Gasteiger partial charge on any atom is 0.356 e. The first-order chi connectivity index (χ1) is 9.11. The lowest BCUT2D eigenvalue weighted by Crippen LogP contribution is -2.05. The van der Waals surface area contributed by atoms with Crippen molar-refractivity contribution >= 4 is 5.97 Å². The Balaban J connectivity index is 2.15. The zero-order chi connectivity index (χ0) is 13.8. The first-order valence-electron chi connectivity index (χ1n) is 5.82. The second kappa shape index (κ2) is 5.43. The third kappa shape index (κ3) is 2.85. The molecule has 0 spiro atoms. The van der Waals surface area contributed by atoms with E-state index in [1.165, 1.54) is 12.3 Å². The zero-order valence-corrected chi connectivity index (χ0v) is 10.4. The molecule has 1 heterocycles. The Hall–Kier alpha value is -2.50. The lowest BCUT2D eigenvalue weighted by molar-refractivity contribution is 0.0690. The van der Waals surface area contributed by atoms with Gasteiger partial charge >= 0.3 is 5.97 Å². The Morgan fingerprint density at radius 3 is 2.79 bits per heavy atom. The number of nitrogens with zero attached hydrogens (tertiary/aromatic N) is 2. The molecule has 0 bridgehead atoms. The number of phenols is 1. The van der Waals surface area contributed by atoms with Crippen molar-refractivity contribution < 1.29 is 19.7 Å². The van der Waals surface area contributed by atoms with E-state index in [4.69, 9.17) is 9.84 Å². The maximum absolute atomic E-state index is 10.9. The van der Waals surface area contributed by atoms with Crippen molar-refractivity contribution in [1.29, 1.82) is 0 Å². The molecule has 6 nitrogen and oxygen atoms in total. The number of ether oxygens (including phenoxy) is 1. The standard InChI is InChI=1S/C13H14N2O4/c1-2-15-7-9(13(17)18)14-12(15)8-19-11-6-4-3-5-10(11)16/h3-7,16H,2,8H2,1H3,(H,17,18). The quantitative estimate of drug-likeness (QED) is 0.859. The number of aromatic carboxylic acids is 1. The minimum absolute atomic E-state index is 0.0160. The van der Waals surface area contributed by atoms with Gasteiger partial charge in [0.1, 0.15) is 12.4 Å². The number of benzene rings is 1. The largest absolute Gasteiger partial charge is 0.504 e. The number of carboxylic acids is 1. The fraction of sp³-hybridized carbons (Fsp3) is 0.231. The molecule has 0 radical (unpaired) electrons. The first-order valence-corrected chi connectivity index (χ1v) is 5.82. The molecule has 0 saturated carbocycles. The second-order valence-electron chi connectivity index (χ2n) is 3.89. The van der Waals surface area contributed by atoms with Crippen molar-refractivity contribution in [2.75, 3.05) is 0 Å².